The van der Waals surface area contributed by atoms with E-state index in [2.05, 4.69) is 6.92 Å². The van der Waals surface area contributed by atoms with Crippen molar-refractivity contribution >= 4 is 0 Å². The molecule has 0 radical (unpaired) electrons. The fourth-order valence-corrected chi connectivity index (χ4v) is 2.79. The Morgan fingerprint density at radius 1 is 1.31 bits per heavy atom. The van der Waals surface area contributed by atoms with E-state index in [-0.39, 0.29) is 11.6 Å². The zero-order valence-electron chi connectivity index (χ0n) is 10.4. The smallest absolute Gasteiger partial charge is 0.0804 e. The van der Waals surface area contributed by atoms with E-state index in [1.165, 1.54) is 25.7 Å². The van der Waals surface area contributed by atoms with Crippen LogP contribution in [0.3, 0.4) is 0 Å². The maximum atomic E-state index is 6.28. The van der Waals surface area contributed by atoms with Crippen LogP contribution in [0.2, 0.25) is 0 Å². The fourth-order valence-electron chi connectivity index (χ4n) is 2.79. The molecule has 0 spiro atoms. The van der Waals surface area contributed by atoms with Gasteiger partial charge in [-0.15, -0.1) is 0 Å². The number of hydrogen-bond acceptors (Lipinski definition) is 3. The highest BCUT2D eigenvalue weighted by Crippen LogP contribution is 2.30. The molecular formula is C13H25NO2. The Hall–Kier alpha value is -0.120. The van der Waals surface area contributed by atoms with Crippen molar-refractivity contribution < 1.29 is 9.47 Å². The van der Waals surface area contributed by atoms with Gasteiger partial charge in [-0.2, -0.15) is 0 Å². The molecule has 3 atom stereocenters. The molecule has 0 aliphatic carbocycles. The third-order valence-corrected chi connectivity index (χ3v) is 4.11. The van der Waals surface area contributed by atoms with Crippen molar-refractivity contribution in [2.75, 3.05) is 13.2 Å². The van der Waals surface area contributed by atoms with Gasteiger partial charge in [-0.25, -0.2) is 0 Å². The predicted octanol–water partition coefficient (Wildman–Crippen LogP) is 2.23. The lowest BCUT2D eigenvalue weighted by molar-refractivity contribution is -0.0840. The molecule has 0 aromatic heterocycles. The van der Waals surface area contributed by atoms with E-state index in [9.17, 15) is 0 Å². The van der Waals surface area contributed by atoms with Crippen LogP contribution < -0.4 is 5.73 Å². The molecule has 0 amide bonds. The van der Waals surface area contributed by atoms with Gasteiger partial charge in [0, 0.05) is 19.3 Å². The maximum absolute atomic E-state index is 6.28. The largest absolute Gasteiger partial charge is 0.378 e. The molecular weight excluding hydrogens is 202 g/mol. The van der Waals surface area contributed by atoms with Crippen molar-refractivity contribution in [2.24, 2.45) is 5.73 Å². The van der Waals surface area contributed by atoms with Gasteiger partial charge in [0.1, 0.15) is 0 Å². The van der Waals surface area contributed by atoms with E-state index in [4.69, 9.17) is 15.2 Å². The number of nitrogens with two attached hydrogens (primary N) is 1. The zero-order chi connectivity index (χ0) is 11.4. The van der Waals surface area contributed by atoms with E-state index < -0.39 is 0 Å². The first kappa shape index (κ1) is 12.3. The van der Waals surface area contributed by atoms with Crippen LogP contribution in [0.25, 0.3) is 0 Å². The van der Waals surface area contributed by atoms with Gasteiger partial charge < -0.3 is 15.2 Å². The van der Waals surface area contributed by atoms with Crippen molar-refractivity contribution in [3.8, 4) is 0 Å². The minimum absolute atomic E-state index is 0.0865. The second kappa shape index (κ2) is 5.48. The lowest BCUT2D eigenvalue weighted by atomic mass is 9.85. The summed E-state index contributed by atoms with van der Waals surface area (Å²) >= 11 is 0. The van der Waals surface area contributed by atoms with Gasteiger partial charge in [-0.1, -0.05) is 0 Å². The molecule has 16 heavy (non-hydrogen) atoms. The summed E-state index contributed by atoms with van der Waals surface area (Å²) in [6.45, 7) is 3.99. The van der Waals surface area contributed by atoms with Crippen LogP contribution in [-0.2, 0) is 9.47 Å². The molecule has 3 nitrogen and oxygen atoms in total. The summed E-state index contributed by atoms with van der Waals surface area (Å²) in [4.78, 5) is 0. The first-order valence-electron chi connectivity index (χ1n) is 6.72. The topological polar surface area (TPSA) is 44.5 Å². The molecule has 0 bridgehead atoms. The molecule has 0 aromatic carbocycles. The molecule has 2 fully saturated rings. The Labute approximate surface area is 98.7 Å². The van der Waals surface area contributed by atoms with E-state index in [1.807, 2.05) is 0 Å². The van der Waals surface area contributed by atoms with Crippen molar-refractivity contribution in [1.29, 1.82) is 0 Å². The summed E-state index contributed by atoms with van der Waals surface area (Å²) in [5.74, 6) is 0. The van der Waals surface area contributed by atoms with Crippen LogP contribution in [0.15, 0.2) is 0 Å². The standard InChI is InChI=1S/C13H25NO2/c1-13(8-2-3-10-16-13)12(14)7-6-11-5-4-9-15-11/h11-12H,2-10,14H2,1H3. The van der Waals surface area contributed by atoms with Crippen molar-refractivity contribution in [2.45, 2.75) is 69.6 Å². The monoisotopic (exact) mass is 227 g/mol. The summed E-state index contributed by atoms with van der Waals surface area (Å²) < 4.78 is 11.5. The quantitative estimate of drug-likeness (QED) is 0.801. The summed E-state index contributed by atoms with van der Waals surface area (Å²) in [6, 6.07) is 0.164. The molecule has 2 aliphatic heterocycles. The predicted molar refractivity (Wildman–Crippen MR) is 64.4 cm³/mol. The highest BCUT2D eigenvalue weighted by atomic mass is 16.5. The molecule has 2 N–H and O–H groups in total. The van der Waals surface area contributed by atoms with E-state index in [0.29, 0.717) is 6.10 Å². The number of rotatable bonds is 4. The Morgan fingerprint density at radius 3 is 2.81 bits per heavy atom. The normalized spacial score (nSPS) is 37.5. The van der Waals surface area contributed by atoms with Crippen LogP contribution in [0.5, 0.6) is 0 Å². The Kier molecular flexibility index (Phi) is 4.22. The van der Waals surface area contributed by atoms with E-state index in [1.54, 1.807) is 0 Å². The zero-order valence-corrected chi connectivity index (χ0v) is 10.4. The Bertz CT molecular complexity index is 208. The molecule has 2 saturated heterocycles. The van der Waals surface area contributed by atoms with Crippen LogP contribution in [0.4, 0.5) is 0 Å². The summed E-state index contributed by atoms with van der Waals surface area (Å²) in [5, 5.41) is 0. The van der Waals surface area contributed by atoms with Crippen LogP contribution in [-0.4, -0.2) is 31.0 Å². The van der Waals surface area contributed by atoms with Crippen LogP contribution >= 0.6 is 0 Å². The van der Waals surface area contributed by atoms with Gasteiger partial charge in [-0.05, 0) is 51.9 Å². The third kappa shape index (κ3) is 2.96. The van der Waals surface area contributed by atoms with E-state index >= 15 is 0 Å². The SMILES string of the molecule is CC1(C(N)CCC2CCCO2)CCCCO1. The lowest BCUT2D eigenvalue weighted by Gasteiger charge is -2.39. The summed E-state index contributed by atoms with van der Waals surface area (Å²) in [7, 11) is 0. The van der Waals surface area contributed by atoms with Gasteiger partial charge in [0.25, 0.3) is 0 Å². The van der Waals surface area contributed by atoms with Crippen LogP contribution in [0, 0.1) is 0 Å². The Balaban J connectivity index is 1.74. The van der Waals surface area contributed by atoms with Gasteiger partial charge in [0.2, 0.25) is 0 Å². The van der Waals surface area contributed by atoms with Crippen molar-refractivity contribution in [1.82, 2.24) is 0 Å². The molecule has 94 valence electrons. The second-order valence-electron chi connectivity index (χ2n) is 5.44. The molecule has 0 aromatic rings. The number of ether oxygens (including phenoxy) is 2. The molecule has 2 aliphatic rings. The molecule has 2 rings (SSSR count). The highest BCUT2D eigenvalue weighted by Gasteiger charge is 2.34. The average molecular weight is 227 g/mol. The van der Waals surface area contributed by atoms with Crippen molar-refractivity contribution in [3.63, 3.8) is 0 Å². The lowest BCUT2D eigenvalue weighted by Crippen LogP contribution is -2.49. The highest BCUT2D eigenvalue weighted by molar-refractivity contribution is 4.89. The van der Waals surface area contributed by atoms with Crippen LogP contribution in [0.1, 0.15) is 51.9 Å². The third-order valence-electron chi connectivity index (χ3n) is 4.11. The Morgan fingerprint density at radius 2 is 2.19 bits per heavy atom. The van der Waals surface area contributed by atoms with Gasteiger partial charge in [-0.3, -0.25) is 0 Å². The minimum Gasteiger partial charge on any atom is -0.378 e. The molecule has 3 unspecified atom stereocenters. The number of hydrogen-bond donors (Lipinski definition) is 1. The van der Waals surface area contributed by atoms with Crippen molar-refractivity contribution in [3.05, 3.63) is 0 Å². The summed E-state index contributed by atoms with van der Waals surface area (Å²) in [5.41, 5.74) is 6.19. The average Bonchev–Trinajstić information content (AvgIpc) is 2.79. The van der Waals surface area contributed by atoms with Gasteiger partial charge in [0.15, 0.2) is 0 Å². The van der Waals surface area contributed by atoms with Gasteiger partial charge in [0.05, 0.1) is 11.7 Å². The second-order valence-corrected chi connectivity index (χ2v) is 5.44. The van der Waals surface area contributed by atoms with Gasteiger partial charge >= 0.3 is 0 Å². The first-order chi connectivity index (χ1) is 7.71. The molecule has 2 heterocycles. The minimum atomic E-state index is -0.0865. The first-order valence-corrected chi connectivity index (χ1v) is 6.72. The summed E-state index contributed by atoms with van der Waals surface area (Å²) in [6.07, 6.45) is 8.56. The van der Waals surface area contributed by atoms with E-state index in [0.717, 1.165) is 32.5 Å². The fraction of sp³-hybridized carbons (Fsp3) is 1.00. The maximum Gasteiger partial charge on any atom is 0.0804 e. The molecule has 3 heteroatoms. The molecule has 0 saturated carbocycles.